The van der Waals surface area contributed by atoms with Gasteiger partial charge in [0, 0.05) is 6.42 Å². The number of aromatic hydroxyl groups is 1. The maximum atomic E-state index is 12.7. The van der Waals surface area contributed by atoms with Crippen LogP contribution in [-0.4, -0.2) is 69.3 Å². The van der Waals surface area contributed by atoms with E-state index in [4.69, 9.17) is 5.73 Å². The van der Waals surface area contributed by atoms with Crippen molar-refractivity contribution in [3.63, 3.8) is 0 Å². The Labute approximate surface area is 208 Å². The van der Waals surface area contributed by atoms with Gasteiger partial charge in [-0.3, -0.25) is 14.4 Å². The van der Waals surface area contributed by atoms with E-state index in [2.05, 4.69) is 16.0 Å². The summed E-state index contributed by atoms with van der Waals surface area (Å²) in [6, 6.07) is 10.0. The van der Waals surface area contributed by atoms with Crippen molar-refractivity contribution in [3.8, 4) is 5.75 Å². The number of carbonyl (C=O) groups is 4. The fourth-order valence-corrected chi connectivity index (χ4v) is 3.36. The summed E-state index contributed by atoms with van der Waals surface area (Å²) in [5.41, 5.74) is 7.31. The summed E-state index contributed by atoms with van der Waals surface area (Å²) in [4.78, 5) is 49.4. The van der Waals surface area contributed by atoms with Crippen molar-refractivity contribution < 1.29 is 34.5 Å². The normalized spacial score (nSPS) is 15.0. The second-order valence-corrected chi connectivity index (χ2v) is 8.52. The molecule has 0 saturated carbocycles. The minimum Gasteiger partial charge on any atom is -0.508 e. The highest BCUT2D eigenvalue weighted by Crippen LogP contribution is 2.11. The van der Waals surface area contributed by atoms with Crippen molar-refractivity contribution in [2.75, 3.05) is 0 Å². The Bertz CT molecular complexity index is 1040. The topological polar surface area (TPSA) is 191 Å². The Morgan fingerprint density at radius 2 is 1.39 bits per heavy atom. The van der Waals surface area contributed by atoms with Gasteiger partial charge < -0.3 is 37.0 Å². The van der Waals surface area contributed by atoms with E-state index in [1.165, 1.54) is 26.0 Å². The lowest BCUT2D eigenvalue weighted by Gasteiger charge is -2.25. The molecule has 0 spiro atoms. The lowest BCUT2D eigenvalue weighted by molar-refractivity contribution is -0.143. The zero-order valence-corrected chi connectivity index (χ0v) is 20.0. The first-order chi connectivity index (χ1) is 17.0. The number of hydrogen-bond donors (Lipinski definition) is 7. The van der Waals surface area contributed by atoms with E-state index in [-0.39, 0.29) is 18.6 Å². The largest absolute Gasteiger partial charge is 0.508 e. The van der Waals surface area contributed by atoms with Crippen LogP contribution in [0.2, 0.25) is 0 Å². The van der Waals surface area contributed by atoms with Crippen LogP contribution in [0.3, 0.4) is 0 Å². The molecule has 2 rings (SSSR count). The first-order valence-electron chi connectivity index (χ1n) is 11.4. The van der Waals surface area contributed by atoms with Crippen LogP contribution in [0.4, 0.5) is 0 Å². The number of carboxylic acid groups (broad SMARTS) is 1. The van der Waals surface area contributed by atoms with Crippen molar-refractivity contribution in [3.05, 3.63) is 65.7 Å². The Hall–Kier alpha value is -3.96. The summed E-state index contributed by atoms with van der Waals surface area (Å²) in [5, 5.41) is 36.1. The second-order valence-electron chi connectivity index (χ2n) is 8.52. The van der Waals surface area contributed by atoms with E-state index in [1.807, 2.05) is 0 Å². The summed E-state index contributed by atoms with van der Waals surface area (Å²) in [6.45, 7) is 2.65. The molecule has 194 valence electrons. The standard InChI is InChI=1S/C25H32N4O7/c1-14(27-23(33)19(26)12-17-8-10-18(31)11-9-17)22(32)29-21(15(2)30)24(34)28-20(25(35)36)13-16-6-4-3-5-7-16/h3-11,14-15,19-21,30-31H,12-13,26H2,1-2H3,(H,27,33)(H,28,34)(H,29,32)(H,35,36). The highest BCUT2D eigenvalue weighted by molar-refractivity contribution is 5.94. The number of amides is 3. The number of hydrogen-bond acceptors (Lipinski definition) is 7. The van der Waals surface area contributed by atoms with E-state index in [9.17, 15) is 34.5 Å². The molecule has 0 heterocycles. The molecule has 2 aromatic carbocycles. The van der Waals surface area contributed by atoms with Crippen molar-refractivity contribution in [2.24, 2.45) is 5.73 Å². The zero-order chi connectivity index (χ0) is 26.8. The average molecular weight is 501 g/mol. The van der Waals surface area contributed by atoms with Crippen molar-refractivity contribution >= 4 is 23.7 Å². The van der Waals surface area contributed by atoms with Gasteiger partial charge in [-0.25, -0.2) is 4.79 Å². The maximum absolute atomic E-state index is 12.7. The number of nitrogens with two attached hydrogens (primary N) is 1. The number of aliphatic carboxylic acids is 1. The van der Waals surface area contributed by atoms with E-state index in [0.717, 1.165) is 0 Å². The van der Waals surface area contributed by atoms with Gasteiger partial charge in [0.1, 0.15) is 23.9 Å². The van der Waals surface area contributed by atoms with Gasteiger partial charge in [0.05, 0.1) is 12.1 Å². The zero-order valence-electron chi connectivity index (χ0n) is 20.0. The molecule has 5 unspecified atom stereocenters. The minimum absolute atomic E-state index is 0.00771. The van der Waals surface area contributed by atoms with Gasteiger partial charge in [-0.05, 0) is 43.5 Å². The highest BCUT2D eigenvalue weighted by atomic mass is 16.4. The summed E-state index contributed by atoms with van der Waals surface area (Å²) in [5.74, 6) is -3.46. The molecule has 2 aromatic rings. The van der Waals surface area contributed by atoms with E-state index in [1.54, 1.807) is 42.5 Å². The Balaban J connectivity index is 1.96. The molecule has 0 aliphatic carbocycles. The van der Waals surface area contributed by atoms with Crippen molar-refractivity contribution in [2.45, 2.75) is 57.0 Å². The molecular formula is C25H32N4O7. The van der Waals surface area contributed by atoms with Gasteiger partial charge in [0.25, 0.3) is 0 Å². The molecular weight excluding hydrogens is 468 g/mol. The van der Waals surface area contributed by atoms with Gasteiger partial charge in [-0.1, -0.05) is 42.5 Å². The molecule has 0 bridgehead atoms. The van der Waals surface area contributed by atoms with E-state index < -0.39 is 54.0 Å². The van der Waals surface area contributed by atoms with Gasteiger partial charge >= 0.3 is 5.97 Å². The Kier molecular flexibility index (Phi) is 10.4. The second kappa shape index (κ2) is 13.2. The molecule has 5 atom stereocenters. The number of aliphatic hydroxyl groups excluding tert-OH is 1. The van der Waals surface area contributed by atoms with Crippen LogP contribution in [0.1, 0.15) is 25.0 Å². The minimum atomic E-state index is -1.46. The number of benzene rings is 2. The molecule has 0 aliphatic heterocycles. The average Bonchev–Trinajstić information content (AvgIpc) is 2.83. The summed E-state index contributed by atoms with van der Waals surface area (Å²) >= 11 is 0. The number of phenols is 1. The van der Waals surface area contributed by atoms with E-state index in [0.29, 0.717) is 11.1 Å². The van der Waals surface area contributed by atoms with Crippen LogP contribution in [0, 0.1) is 0 Å². The summed E-state index contributed by atoms with van der Waals surface area (Å²) in [7, 11) is 0. The lowest BCUT2D eigenvalue weighted by atomic mass is 10.0. The van der Waals surface area contributed by atoms with Crippen LogP contribution in [0.5, 0.6) is 5.75 Å². The molecule has 0 aromatic heterocycles. The smallest absolute Gasteiger partial charge is 0.326 e. The fourth-order valence-electron chi connectivity index (χ4n) is 3.36. The third-order valence-corrected chi connectivity index (χ3v) is 5.44. The summed E-state index contributed by atoms with van der Waals surface area (Å²) < 4.78 is 0. The number of nitrogens with one attached hydrogen (secondary N) is 3. The van der Waals surface area contributed by atoms with Gasteiger partial charge in [-0.15, -0.1) is 0 Å². The Morgan fingerprint density at radius 1 is 0.806 bits per heavy atom. The van der Waals surface area contributed by atoms with Gasteiger partial charge in [0.15, 0.2) is 0 Å². The first kappa shape index (κ1) is 28.3. The number of rotatable bonds is 12. The third kappa shape index (κ3) is 8.67. The van der Waals surface area contributed by atoms with Crippen LogP contribution in [-0.2, 0) is 32.0 Å². The molecule has 3 amide bonds. The van der Waals surface area contributed by atoms with E-state index >= 15 is 0 Å². The lowest BCUT2D eigenvalue weighted by Crippen LogP contribution is -2.59. The van der Waals surface area contributed by atoms with Crippen molar-refractivity contribution in [1.29, 1.82) is 0 Å². The molecule has 11 heteroatoms. The van der Waals surface area contributed by atoms with Gasteiger partial charge in [0.2, 0.25) is 17.7 Å². The first-order valence-corrected chi connectivity index (χ1v) is 11.4. The third-order valence-electron chi connectivity index (χ3n) is 5.44. The SMILES string of the molecule is CC(NC(=O)C(N)Cc1ccc(O)cc1)C(=O)NC(C(=O)NC(Cc1ccccc1)C(=O)O)C(C)O. The molecule has 11 nitrogen and oxygen atoms in total. The van der Waals surface area contributed by atoms with Crippen LogP contribution < -0.4 is 21.7 Å². The molecule has 0 fully saturated rings. The molecule has 36 heavy (non-hydrogen) atoms. The highest BCUT2D eigenvalue weighted by Gasteiger charge is 2.31. The predicted octanol–water partition coefficient (Wildman–Crippen LogP) is -0.556. The van der Waals surface area contributed by atoms with Crippen LogP contribution in [0.15, 0.2) is 54.6 Å². The molecule has 8 N–H and O–H groups in total. The molecule has 0 aliphatic rings. The molecule has 0 radical (unpaired) electrons. The fraction of sp³-hybridized carbons (Fsp3) is 0.360. The van der Waals surface area contributed by atoms with Gasteiger partial charge in [-0.2, -0.15) is 0 Å². The predicted molar refractivity (Wildman–Crippen MR) is 131 cm³/mol. The monoisotopic (exact) mass is 500 g/mol. The molecule has 0 saturated heterocycles. The number of phenolic OH excluding ortho intramolecular Hbond substituents is 1. The summed E-state index contributed by atoms with van der Waals surface area (Å²) in [6.07, 6.45) is -1.18. The van der Waals surface area contributed by atoms with Crippen LogP contribution >= 0.6 is 0 Å². The number of carbonyl (C=O) groups excluding carboxylic acids is 3. The number of carboxylic acids is 1. The maximum Gasteiger partial charge on any atom is 0.326 e. The van der Waals surface area contributed by atoms with Crippen LogP contribution in [0.25, 0.3) is 0 Å². The number of aliphatic hydroxyl groups is 1. The Morgan fingerprint density at radius 3 is 1.94 bits per heavy atom. The quantitative estimate of drug-likeness (QED) is 0.202. The van der Waals surface area contributed by atoms with Crippen molar-refractivity contribution in [1.82, 2.24) is 16.0 Å².